The highest BCUT2D eigenvalue weighted by atomic mass is 35.5. The lowest BCUT2D eigenvalue weighted by atomic mass is 10.0. The molecular formula is C28H26Cl2F2N2O3S. The molecule has 0 bridgehead atoms. The van der Waals surface area contributed by atoms with Gasteiger partial charge in [0.15, 0.2) is 0 Å². The van der Waals surface area contributed by atoms with Gasteiger partial charge in [-0.25, -0.2) is 0 Å². The van der Waals surface area contributed by atoms with E-state index in [0.29, 0.717) is 18.1 Å². The van der Waals surface area contributed by atoms with Crippen molar-refractivity contribution in [3.8, 4) is 0 Å². The molecule has 0 saturated carbocycles. The van der Waals surface area contributed by atoms with Crippen LogP contribution in [-0.2, 0) is 21.5 Å². The fourth-order valence-electron chi connectivity index (χ4n) is 4.53. The number of benzene rings is 3. The molecule has 4 rings (SSSR count). The van der Waals surface area contributed by atoms with E-state index in [9.17, 15) is 22.6 Å². The fourth-order valence-corrected chi connectivity index (χ4v) is 6.22. The van der Waals surface area contributed by atoms with Crippen LogP contribution in [0.4, 0.5) is 14.5 Å². The van der Waals surface area contributed by atoms with Crippen molar-refractivity contribution in [2.45, 2.75) is 36.7 Å². The maximum absolute atomic E-state index is 14.5. The minimum absolute atomic E-state index is 0.00529. The Morgan fingerprint density at radius 3 is 2.32 bits per heavy atom. The number of ketones is 1. The van der Waals surface area contributed by atoms with E-state index in [1.807, 2.05) is 38.1 Å². The van der Waals surface area contributed by atoms with Crippen LogP contribution in [0.3, 0.4) is 0 Å². The molecule has 1 aliphatic heterocycles. The third-order valence-electron chi connectivity index (χ3n) is 6.84. The SMILES string of the molecule is CC1C(C)N(c2cccc(Cl)c2)CCN1C(=O)c1ccc(S(=O)CC(=O)C(F)(F)c2ccccc2)c(Cl)c1. The Bertz CT molecular complexity index is 1370. The molecule has 3 aromatic carbocycles. The van der Waals surface area contributed by atoms with Crippen molar-refractivity contribution in [1.29, 1.82) is 0 Å². The molecule has 3 unspecified atom stereocenters. The lowest BCUT2D eigenvalue weighted by Gasteiger charge is -2.46. The molecule has 5 nitrogen and oxygen atoms in total. The van der Waals surface area contributed by atoms with E-state index < -0.39 is 33.8 Å². The van der Waals surface area contributed by atoms with Crippen LogP contribution in [0.25, 0.3) is 0 Å². The molecule has 200 valence electrons. The van der Waals surface area contributed by atoms with E-state index in [4.69, 9.17) is 23.2 Å². The molecule has 38 heavy (non-hydrogen) atoms. The molecule has 1 amide bonds. The zero-order valence-corrected chi connectivity index (χ0v) is 23.1. The van der Waals surface area contributed by atoms with Gasteiger partial charge < -0.3 is 9.80 Å². The van der Waals surface area contributed by atoms with Crippen LogP contribution in [0.1, 0.15) is 29.8 Å². The molecule has 0 aromatic heterocycles. The molecule has 1 saturated heterocycles. The first-order valence-corrected chi connectivity index (χ1v) is 14.1. The number of rotatable bonds is 7. The molecule has 1 fully saturated rings. The van der Waals surface area contributed by atoms with Gasteiger partial charge in [0, 0.05) is 47.0 Å². The number of amides is 1. The average molecular weight is 579 g/mol. The number of carbonyl (C=O) groups is 2. The van der Waals surface area contributed by atoms with Crippen molar-refractivity contribution >= 4 is 51.4 Å². The van der Waals surface area contributed by atoms with Gasteiger partial charge in [-0.1, -0.05) is 59.6 Å². The van der Waals surface area contributed by atoms with Crippen LogP contribution in [-0.4, -0.2) is 51.7 Å². The van der Waals surface area contributed by atoms with E-state index in [2.05, 4.69) is 4.90 Å². The second-order valence-corrected chi connectivity index (χ2v) is 11.4. The zero-order chi connectivity index (χ0) is 27.6. The van der Waals surface area contributed by atoms with Gasteiger partial charge in [0.05, 0.1) is 26.5 Å². The first-order valence-electron chi connectivity index (χ1n) is 12.0. The number of nitrogens with zero attached hydrogens (tertiary/aromatic N) is 2. The molecule has 0 N–H and O–H groups in total. The third-order valence-corrected chi connectivity index (χ3v) is 8.87. The Morgan fingerprint density at radius 2 is 1.66 bits per heavy atom. The normalized spacial score (nSPS) is 18.8. The number of piperazine rings is 1. The van der Waals surface area contributed by atoms with Crippen LogP contribution in [0.5, 0.6) is 0 Å². The number of halogens is 4. The number of hydrogen-bond acceptors (Lipinski definition) is 4. The molecule has 3 atom stereocenters. The molecule has 0 aliphatic carbocycles. The van der Waals surface area contributed by atoms with Crippen molar-refractivity contribution in [2.75, 3.05) is 23.7 Å². The summed E-state index contributed by atoms with van der Waals surface area (Å²) in [6, 6.07) is 18.3. The number of carbonyl (C=O) groups excluding carboxylic acids is 2. The van der Waals surface area contributed by atoms with Crippen LogP contribution in [0.2, 0.25) is 10.0 Å². The smallest absolute Gasteiger partial charge is 0.331 e. The summed E-state index contributed by atoms with van der Waals surface area (Å²) in [6.45, 7) is 5.06. The van der Waals surface area contributed by atoms with E-state index in [-0.39, 0.29) is 33.5 Å². The molecule has 1 aliphatic rings. The fraction of sp³-hybridized carbons (Fsp3) is 0.286. The Labute approximate surface area is 232 Å². The first-order chi connectivity index (χ1) is 18.0. The molecule has 1 heterocycles. The summed E-state index contributed by atoms with van der Waals surface area (Å²) in [6.07, 6.45) is 0. The predicted octanol–water partition coefficient (Wildman–Crippen LogP) is 6.20. The van der Waals surface area contributed by atoms with Crippen LogP contribution >= 0.6 is 23.2 Å². The lowest BCUT2D eigenvalue weighted by molar-refractivity contribution is -0.141. The maximum atomic E-state index is 14.5. The zero-order valence-electron chi connectivity index (χ0n) is 20.7. The Morgan fingerprint density at radius 1 is 0.947 bits per heavy atom. The highest BCUT2D eigenvalue weighted by Gasteiger charge is 2.41. The number of hydrogen-bond donors (Lipinski definition) is 0. The van der Waals surface area contributed by atoms with Gasteiger partial charge in [-0.15, -0.1) is 0 Å². The Balaban J connectivity index is 1.45. The predicted molar refractivity (Wildman–Crippen MR) is 147 cm³/mol. The number of Topliss-reactive ketones (excluding diaryl/α,β-unsaturated/α-hetero) is 1. The molecule has 0 spiro atoms. The third kappa shape index (κ3) is 5.77. The van der Waals surface area contributed by atoms with Gasteiger partial charge in [-0.05, 0) is 50.2 Å². The molecule has 3 aromatic rings. The summed E-state index contributed by atoms with van der Waals surface area (Å²) in [5.41, 5.74) is 0.797. The second kappa shape index (κ2) is 11.5. The number of anilines is 1. The van der Waals surface area contributed by atoms with Gasteiger partial charge >= 0.3 is 5.92 Å². The molecule has 0 radical (unpaired) electrons. The second-order valence-electron chi connectivity index (χ2n) is 9.15. The summed E-state index contributed by atoms with van der Waals surface area (Å²) in [5, 5.41) is 0.613. The van der Waals surface area contributed by atoms with Crippen LogP contribution in [0.15, 0.2) is 77.7 Å². The van der Waals surface area contributed by atoms with Gasteiger partial charge in [0.25, 0.3) is 5.91 Å². The monoisotopic (exact) mass is 578 g/mol. The highest BCUT2D eigenvalue weighted by molar-refractivity contribution is 7.86. The Hall–Kier alpha value is -2.81. The maximum Gasteiger partial charge on any atom is 0.331 e. The van der Waals surface area contributed by atoms with E-state index in [1.165, 1.54) is 30.3 Å². The Kier molecular flexibility index (Phi) is 8.55. The van der Waals surface area contributed by atoms with Crippen molar-refractivity contribution in [3.63, 3.8) is 0 Å². The molecular weight excluding hydrogens is 553 g/mol. The minimum atomic E-state index is -3.78. The van der Waals surface area contributed by atoms with E-state index in [1.54, 1.807) is 11.0 Å². The quantitative estimate of drug-likeness (QED) is 0.335. The topological polar surface area (TPSA) is 57.7 Å². The van der Waals surface area contributed by atoms with Crippen molar-refractivity contribution in [1.82, 2.24) is 4.90 Å². The van der Waals surface area contributed by atoms with E-state index in [0.717, 1.165) is 17.8 Å². The van der Waals surface area contributed by atoms with Crippen molar-refractivity contribution < 1.29 is 22.6 Å². The van der Waals surface area contributed by atoms with Crippen molar-refractivity contribution in [3.05, 3.63) is 94.0 Å². The van der Waals surface area contributed by atoms with Crippen LogP contribution < -0.4 is 4.90 Å². The summed E-state index contributed by atoms with van der Waals surface area (Å²) >= 11 is 12.5. The van der Waals surface area contributed by atoms with Gasteiger partial charge in [-0.3, -0.25) is 13.8 Å². The highest BCUT2D eigenvalue weighted by Crippen LogP contribution is 2.31. The summed E-state index contributed by atoms with van der Waals surface area (Å²) in [5.74, 6) is -6.41. The van der Waals surface area contributed by atoms with Gasteiger partial charge in [-0.2, -0.15) is 8.78 Å². The standard InChI is InChI=1S/C28H26Cl2F2N2O3S/c1-18-19(2)34(14-13-33(18)23-10-6-9-22(29)16-23)27(36)20-11-12-25(24(30)15-20)38(37)17-26(35)28(31,32)21-7-4-3-5-8-21/h3-12,15-16,18-19H,13-14,17H2,1-2H3. The van der Waals surface area contributed by atoms with Crippen LogP contribution in [0, 0.1) is 0 Å². The summed E-state index contributed by atoms with van der Waals surface area (Å²) in [4.78, 5) is 29.6. The summed E-state index contributed by atoms with van der Waals surface area (Å²) in [7, 11) is -2.12. The van der Waals surface area contributed by atoms with Gasteiger partial charge in [0.1, 0.15) is 0 Å². The molecule has 10 heteroatoms. The first kappa shape index (κ1) is 28.2. The lowest BCUT2D eigenvalue weighted by Crippen LogP contribution is -2.59. The average Bonchev–Trinajstić information content (AvgIpc) is 2.90. The largest absolute Gasteiger partial charge is 0.365 e. The van der Waals surface area contributed by atoms with Crippen molar-refractivity contribution in [2.24, 2.45) is 0 Å². The number of alkyl halides is 2. The summed E-state index contributed by atoms with van der Waals surface area (Å²) < 4.78 is 41.9. The van der Waals surface area contributed by atoms with Gasteiger partial charge in [0.2, 0.25) is 5.78 Å². The minimum Gasteiger partial charge on any atom is -0.365 e. The van der Waals surface area contributed by atoms with E-state index >= 15 is 0 Å².